The van der Waals surface area contributed by atoms with Crippen LogP contribution in [0.3, 0.4) is 0 Å². The van der Waals surface area contributed by atoms with Crippen LogP contribution >= 0.6 is 11.6 Å². The van der Waals surface area contributed by atoms with Crippen molar-refractivity contribution in [2.45, 2.75) is 31.5 Å². The molecule has 1 aromatic heterocycles. The van der Waals surface area contributed by atoms with Gasteiger partial charge in [-0.1, -0.05) is 66.2 Å². The van der Waals surface area contributed by atoms with Gasteiger partial charge in [0.05, 0.1) is 16.4 Å². The summed E-state index contributed by atoms with van der Waals surface area (Å²) in [5, 5.41) is 11.3. The quantitative estimate of drug-likeness (QED) is 0.211. The summed E-state index contributed by atoms with van der Waals surface area (Å²) in [7, 11) is -4.09. The molecule has 0 bridgehead atoms. The van der Waals surface area contributed by atoms with Gasteiger partial charge in [0.15, 0.2) is 0 Å². The molecule has 4 rings (SSSR count). The van der Waals surface area contributed by atoms with Gasteiger partial charge in [-0.2, -0.15) is 4.31 Å². The number of aromatic nitrogens is 1. The third kappa shape index (κ3) is 5.62. The minimum Gasteiger partial charge on any atom is -0.346 e. The number of nitro groups is 1. The van der Waals surface area contributed by atoms with E-state index in [2.05, 4.69) is 0 Å². The molecular weight excluding hydrogens is 486 g/mol. The fraction of sp³-hybridized carbons (Fsp3) is 0.154. The van der Waals surface area contributed by atoms with Crippen LogP contribution in [0.25, 0.3) is 0 Å². The molecule has 0 aliphatic rings. The van der Waals surface area contributed by atoms with E-state index in [0.717, 1.165) is 28.5 Å². The van der Waals surface area contributed by atoms with Crippen molar-refractivity contribution < 1.29 is 13.3 Å². The van der Waals surface area contributed by atoms with Crippen LogP contribution in [-0.2, 0) is 29.7 Å². The van der Waals surface area contributed by atoms with E-state index in [1.165, 1.54) is 16.4 Å². The lowest BCUT2D eigenvalue weighted by Crippen LogP contribution is -2.31. The zero-order valence-corrected chi connectivity index (χ0v) is 20.6. The summed E-state index contributed by atoms with van der Waals surface area (Å²) in [6.07, 6.45) is 1.92. The third-order valence-corrected chi connectivity index (χ3v) is 7.92. The summed E-state index contributed by atoms with van der Waals surface area (Å²) in [4.78, 5) is 10.5. The Bertz CT molecular complexity index is 1450. The smallest absolute Gasteiger partial charge is 0.289 e. The van der Waals surface area contributed by atoms with Crippen molar-refractivity contribution in [3.63, 3.8) is 0 Å². The van der Waals surface area contributed by atoms with Gasteiger partial charge in [-0.05, 0) is 47.9 Å². The van der Waals surface area contributed by atoms with Crippen molar-refractivity contribution in [1.29, 1.82) is 0 Å². The molecule has 0 saturated heterocycles. The average molecular weight is 510 g/mol. The van der Waals surface area contributed by atoms with Crippen LogP contribution in [0, 0.1) is 17.0 Å². The molecular formula is C26H24ClN3O4S. The van der Waals surface area contributed by atoms with Crippen LogP contribution in [0.15, 0.2) is 96.0 Å². The monoisotopic (exact) mass is 509 g/mol. The summed E-state index contributed by atoms with van der Waals surface area (Å²) in [6.45, 7) is 2.83. The first-order valence-electron chi connectivity index (χ1n) is 10.9. The minimum absolute atomic E-state index is 0.0898. The van der Waals surface area contributed by atoms with Gasteiger partial charge in [0.2, 0.25) is 10.0 Å². The molecule has 0 aliphatic carbocycles. The number of halogens is 1. The summed E-state index contributed by atoms with van der Waals surface area (Å²) in [5.74, 6) is 0. The number of aryl methyl sites for hydroxylation is 1. The molecule has 0 atom stereocenters. The van der Waals surface area contributed by atoms with Crippen LogP contribution in [0.5, 0.6) is 0 Å². The summed E-state index contributed by atoms with van der Waals surface area (Å²) >= 11 is 5.92. The van der Waals surface area contributed by atoms with Crippen molar-refractivity contribution >= 4 is 27.3 Å². The molecule has 35 heavy (non-hydrogen) atoms. The number of nitrogens with zero attached hydrogens (tertiary/aromatic N) is 3. The van der Waals surface area contributed by atoms with Gasteiger partial charge in [-0.25, -0.2) is 8.42 Å². The van der Waals surface area contributed by atoms with Gasteiger partial charge in [-0.3, -0.25) is 10.1 Å². The third-order valence-electron chi connectivity index (χ3n) is 5.82. The van der Waals surface area contributed by atoms with E-state index in [1.807, 2.05) is 84.4 Å². The van der Waals surface area contributed by atoms with Crippen molar-refractivity contribution in [1.82, 2.24) is 8.87 Å². The highest BCUT2D eigenvalue weighted by atomic mass is 35.5. The molecule has 0 unspecified atom stereocenters. The number of nitro benzene ring substituents is 1. The van der Waals surface area contributed by atoms with E-state index in [0.29, 0.717) is 6.54 Å². The molecule has 0 aliphatic heterocycles. The number of benzene rings is 3. The maximum atomic E-state index is 13.7. The first kappa shape index (κ1) is 24.7. The highest BCUT2D eigenvalue weighted by Gasteiger charge is 2.28. The maximum absolute atomic E-state index is 13.7. The topological polar surface area (TPSA) is 85.5 Å². The lowest BCUT2D eigenvalue weighted by atomic mass is 10.1. The maximum Gasteiger partial charge on any atom is 0.289 e. The Morgan fingerprint density at radius 1 is 0.943 bits per heavy atom. The van der Waals surface area contributed by atoms with Gasteiger partial charge in [0.1, 0.15) is 5.02 Å². The fourth-order valence-corrected chi connectivity index (χ4v) is 5.46. The molecule has 7 nitrogen and oxygen atoms in total. The molecule has 180 valence electrons. The normalized spacial score (nSPS) is 11.6. The van der Waals surface area contributed by atoms with E-state index in [-0.39, 0.29) is 23.0 Å². The van der Waals surface area contributed by atoms with Crippen LogP contribution in [0.4, 0.5) is 5.69 Å². The van der Waals surface area contributed by atoms with Crippen LogP contribution in [0.1, 0.15) is 22.4 Å². The Hall–Kier alpha value is -3.46. The second kappa shape index (κ2) is 10.4. The summed E-state index contributed by atoms with van der Waals surface area (Å²) < 4.78 is 30.8. The molecule has 0 spiro atoms. The Morgan fingerprint density at radius 3 is 2.37 bits per heavy atom. The van der Waals surface area contributed by atoms with Gasteiger partial charge in [-0.15, -0.1) is 0 Å². The number of sulfonamides is 1. The van der Waals surface area contributed by atoms with Crippen LogP contribution < -0.4 is 0 Å². The lowest BCUT2D eigenvalue weighted by molar-refractivity contribution is -0.384. The molecule has 0 N–H and O–H groups in total. The Labute approximate surface area is 209 Å². The number of hydrogen-bond acceptors (Lipinski definition) is 4. The molecule has 0 radical (unpaired) electrons. The number of hydrogen-bond donors (Lipinski definition) is 0. The first-order valence-corrected chi connectivity index (χ1v) is 12.7. The lowest BCUT2D eigenvalue weighted by Gasteiger charge is -2.23. The summed E-state index contributed by atoms with van der Waals surface area (Å²) in [6, 6.07) is 24.6. The van der Waals surface area contributed by atoms with Crippen molar-refractivity contribution in [3.05, 3.63) is 129 Å². The zero-order chi connectivity index (χ0) is 25.0. The van der Waals surface area contributed by atoms with Crippen LogP contribution in [0.2, 0.25) is 5.02 Å². The largest absolute Gasteiger partial charge is 0.346 e. The van der Waals surface area contributed by atoms with Crippen LogP contribution in [-0.4, -0.2) is 22.2 Å². The zero-order valence-electron chi connectivity index (χ0n) is 19.0. The second-order valence-electron chi connectivity index (χ2n) is 8.18. The molecule has 1 heterocycles. The van der Waals surface area contributed by atoms with Crippen molar-refractivity contribution in [3.8, 4) is 0 Å². The predicted molar refractivity (Wildman–Crippen MR) is 136 cm³/mol. The summed E-state index contributed by atoms with van der Waals surface area (Å²) in [5.41, 5.74) is 3.44. The van der Waals surface area contributed by atoms with Gasteiger partial charge in [0.25, 0.3) is 5.69 Å². The highest BCUT2D eigenvalue weighted by Crippen LogP contribution is 2.30. The molecule has 0 saturated carbocycles. The molecule has 4 aromatic rings. The Kier molecular flexibility index (Phi) is 7.35. The van der Waals surface area contributed by atoms with E-state index < -0.39 is 20.6 Å². The standard InChI is InChI=1S/C26H24ClN3O4S/c1-20-8-5-6-11-22(20)18-28-15-7-12-23(28)19-29(17-21-9-3-2-4-10-21)35(33,34)24-13-14-25(27)26(16-24)30(31)32/h2-16H,17-19H2,1H3. The van der Waals surface area contributed by atoms with Crippen molar-refractivity contribution in [2.75, 3.05) is 0 Å². The molecule has 3 aromatic carbocycles. The molecule has 0 fully saturated rings. The molecule has 0 amide bonds. The highest BCUT2D eigenvalue weighted by molar-refractivity contribution is 7.89. The first-order chi connectivity index (χ1) is 16.8. The van der Waals surface area contributed by atoms with Gasteiger partial charge >= 0.3 is 0 Å². The molecule has 9 heteroatoms. The van der Waals surface area contributed by atoms with Gasteiger partial charge < -0.3 is 4.57 Å². The van der Waals surface area contributed by atoms with E-state index in [9.17, 15) is 18.5 Å². The van der Waals surface area contributed by atoms with Gasteiger partial charge in [0, 0.05) is 31.0 Å². The average Bonchev–Trinajstić information content (AvgIpc) is 3.27. The fourth-order valence-electron chi connectivity index (χ4n) is 3.85. The second-order valence-corrected chi connectivity index (χ2v) is 10.5. The van der Waals surface area contributed by atoms with Crippen molar-refractivity contribution in [2.24, 2.45) is 0 Å². The minimum atomic E-state index is -4.09. The van der Waals surface area contributed by atoms with E-state index in [1.54, 1.807) is 0 Å². The SMILES string of the molecule is Cc1ccccc1Cn1cccc1CN(Cc1ccccc1)S(=O)(=O)c1ccc(Cl)c([N+](=O)[O-])c1. The van der Waals surface area contributed by atoms with E-state index >= 15 is 0 Å². The van der Waals surface area contributed by atoms with E-state index in [4.69, 9.17) is 11.6 Å². The predicted octanol–water partition coefficient (Wildman–Crippen LogP) is 5.80. The Balaban J connectivity index is 1.71. The number of rotatable bonds is 9. The Morgan fingerprint density at radius 2 is 1.66 bits per heavy atom.